The Morgan fingerprint density at radius 1 is 1.43 bits per heavy atom. The summed E-state index contributed by atoms with van der Waals surface area (Å²) in [6.45, 7) is 2.85. The predicted molar refractivity (Wildman–Crippen MR) is 75.3 cm³/mol. The molecule has 114 valence electrons. The normalized spacial score (nSPS) is 21.3. The van der Waals surface area contributed by atoms with E-state index < -0.39 is 5.41 Å². The Hall–Kier alpha value is -1.85. The second-order valence-corrected chi connectivity index (χ2v) is 6.35. The quantitative estimate of drug-likeness (QED) is 0.910. The van der Waals surface area contributed by atoms with Gasteiger partial charge in [-0.25, -0.2) is 4.98 Å². The van der Waals surface area contributed by atoms with Crippen molar-refractivity contribution >= 4 is 11.8 Å². The predicted octanol–water partition coefficient (Wildman–Crippen LogP) is 1.49. The molecule has 2 fully saturated rings. The van der Waals surface area contributed by atoms with Gasteiger partial charge in [0.05, 0.1) is 11.1 Å². The van der Waals surface area contributed by atoms with E-state index in [1.165, 1.54) is 19.2 Å². The number of hydrogen-bond donors (Lipinski definition) is 1. The van der Waals surface area contributed by atoms with Crippen LogP contribution in [0.1, 0.15) is 48.4 Å². The van der Waals surface area contributed by atoms with Gasteiger partial charge < -0.3 is 15.1 Å². The first-order chi connectivity index (χ1) is 10.0. The Kier molecular flexibility index (Phi) is 3.47. The van der Waals surface area contributed by atoms with Gasteiger partial charge >= 0.3 is 0 Å². The zero-order chi connectivity index (χ0) is 15.0. The number of carbonyl (C=O) groups is 2. The van der Waals surface area contributed by atoms with Crippen LogP contribution in [0.5, 0.6) is 0 Å². The molecule has 0 radical (unpaired) electrons. The maximum Gasteiger partial charge on any atom is 0.291 e. The van der Waals surface area contributed by atoms with Crippen molar-refractivity contribution in [3.63, 3.8) is 0 Å². The molecule has 1 saturated carbocycles. The first kappa shape index (κ1) is 14.1. The average molecular weight is 291 g/mol. The second kappa shape index (κ2) is 5.16. The minimum Gasteiger partial charge on any atom is -0.438 e. The van der Waals surface area contributed by atoms with Gasteiger partial charge in [-0.1, -0.05) is 12.8 Å². The molecular formula is C15H21N3O3. The van der Waals surface area contributed by atoms with Gasteiger partial charge in [0.25, 0.3) is 5.91 Å². The van der Waals surface area contributed by atoms with Crippen LogP contribution in [0.4, 0.5) is 0 Å². The van der Waals surface area contributed by atoms with Crippen LogP contribution in [-0.2, 0) is 4.79 Å². The van der Waals surface area contributed by atoms with Gasteiger partial charge in [-0.15, -0.1) is 0 Å². The monoisotopic (exact) mass is 291 g/mol. The average Bonchev–Trinajstić information content (AvgIpc) is 3.17. The molecule has 2 heterocycles. The zero-order valence-electron chi connectivity index (χ0n) is 12.3. The first-order valence-corrected chi connectivity index (χ1v) is 7.51. The van der Waals surface area contributed by atoms with E-state index in [4.69, 9.17) is 10.2 Å². The minimum atomic E-state index is -0.422. The Labute approximate surface area is 123 Å². The Bertz CT molecular complexity index is 554. The fourth-order valence-electron chi connectivity index (χ4n) is 3.21. The van der Waals surface area contributed by atoms with Gasteiger partial charge in [-0.2, -0.15) is 0 Å². The molecule has 0 spiro atoms. The second-order valence-electron chi connectivity index (χ2n) is 6.35. The highest BCUT2D eigenvalue weighted by Gasteiger charge is 2.44. The third-order valence-corrected chi connectivity index (χ3v) is 4.85. The molecule has 0 bridgehead atoms. The fourth-order valence-corrected chi connectivity index (χ4v) is 3.21. The highest BCUT2D eigenvalue weighted by Crippen LogP contribution is 2.45. The maximum atomic E-state index is 12.4. The maximum absolute atomic E-state index is 12.4. The van der Waals surface area contributed by atoms with Crippen LogP contribution in [0.2, 0.25) is 0 Å². The zero-order valence-corrected chi connectivity index (χ0v) is 12.3. The molecule has 3 rings (SSSR count). The number of aryl methyl sites for hydroxylation is 1. The molecule has 1 saturated heterocycles. The van der Waals surface area contributed by atoms with E-state index in [1.54, 1.807) is 11.8 Å². The van der Waals surface area contributed by atoms with E-state index in [0.29, 0.717) is 43.3 Å². The molecule has 2 aliphatic rings. The summed E-state index contributed by atoms with van der Waals surface area (Å²) in [7, 11) is 0. The van der Waals surface area contributed by atoms with Crippen molar-refractivity contribution in [2.45, 2.75) is 39.0 Å². The lowest BCUT2D eigenvalue weighted by atomic mass is 9.73. The Morgan fingerprint density at radius 2 is 2.10 bits per heavy atom. The van der Waals surface area contributed by atoms with Crippen molar-refractivity contribution in [2.24, 2.45) is 17.1 Å². The number of primary amides is 1. The third kappa shape index (κ3) is 2.66. The van der Waals surface area contributed by atoms with Crippen LogP contribution in [0.15, 0.2) is 10.8 Å². The van der Waals surface area contributed by atoms with Crippen molar-refractivity contribution in [3.05, 3.63) is 17.8 Å². The van der Waals surface area contributed by atoms with Crippen LogP contribution >= 0.6 is 0 Å². The number of carbonyl (C=O) groups excluding carboxylic acids is 2. The van der Waals surface area contributed by atoms with Crippen molar-refractivity contribution in [3.8, 4) is 0 Å². The summed E-state index contributed by atoms with van der Waals surface area (Å²) in [5, 5.41) is 0. The minimum absolute atomic E-state index is 0.144. The lowest BCUT2D eigenvalue weighted by Crippen LogP contribution is -2.49. The molecule has 1 aliphatic carbocycles. The SMILES string of the molecule is Cc1ncoc1C(=O)N1CCC(CC2CC2)(C(N)=O)CC1. The van der Waals surface area contributed by atoms with Crippen molar-refractivity contribution in [1.29, 1.82) is 0 Å². The summed E-state index contributed by atoms with van der Waals surface area (Å²) in [5.41, 5.74) is 5.83. The topological polar surface area (TPSA) is 89.4 Å². The highest BCUT2D eigenvalue weighted by molar-refractivity contribution is 5.92. The van der Waals surface area contributed by atoms with Crippen LogP contribution in [0, 0.1) is 18.3 Å². The number of amides is 2. The van der Waals surface area contributed by atoms with Crippen molar-refractivity contribution in [1.82, 2.24) is 9.88 Å². The number of rotatable bonds is 4. The van der Waals surface area contributed by atoms with Gasteiger partial charge in [0, 0.05) is 13.1 Å². The molecule has 1 aromatic heterocycles. The molecule has 2 N–H and O–H groups in total. The summed E-state index contributed by atoms with van der Waals surface area (Å²) >= 11 is 0. The first-order valence-electron chi connectivity index (χ1n) is 7.51. The number of nitrogens with two attached hydrogens (primary N) is 1. The fraction of sp³-hybridized carbons (Fsp3) is 0.667. The molecule has 0 unspecified atom stereocenters. The lowest BCUT2D eigenvalue weighted by Gasteiger charge is -2.39. The standard InChI is InChI=1S/C15H21N3O3/c1-10-12(21-9-17-10)13(19)18-6-4-15(5-7-18,14(16)20)8-11-2-3-11/h9,11H,2-8H2,1H3,(H2,16,20). The van der Waals surface area contributed by atoms with Crippen LogP contribution in [0.25, 0.3) is 0 Å². The Balaban J connectivity index is 1.67. The van der Waals surface area contributed by atoms with Gasteiger partial charge in [-0.3, -0.25) is 9.59 Å². The lowest BCUT2D eigenvalue weighted by molar-refractivity contribution is -0.131. The van der Waals surface area contributed by atoms with E-state index in [0.717, 1.165) is 6.42 Å². The molecule has 6 nitrogen and oxygen atoms in total. The number of hydrogen-bond acceptors (Lipinski definition) is 4. The summed E-state index contributed by atoms with van der Waals surface area (Å²) in [6.07, 6.45) is 5.87. The molecule has 21 heavy (non-hydrogen) atoms. The number of piperidine rings is 1. The summed E-state index contributed by atoms with van der Waals surface area (Å²) in [4.78, 5) is 29.9. The summed E-state index contributed by atoms with van der Waals surface area (Å²) in [5.74, 6) is 0.590. The third-order valence-electron chi connectivity index (χ3n) is 4.85. The van der Waals surface area contributed by atoms with Crippen LogP contribution in [-0.4, -0.2) is 34.8 Å². The van der Waals surface area contributed by atoms with Crippen molar-refractivity contribution in [2.75, 3.05) is 13.1 Å². The molecule has 6 heteroatoms. The van der Waals surface area contributed by atoms with Crippen LogP contribution in [0.3, 0.4) is 0 Å². The van der Waals surface area contributed by atoms with Gasteiger partial charge in [0.15, 0.2) is 6.39 Å². The van der Waals surface area contributed by atoms with E-state index >= 15 is 0 Å². The largest absolute Gasteiger partial charge is 0.438 e. The van der Waals surface area contributed by atoms with E-state index in [2.05, 4.69) is 4.98 Å². The van der Waals surface area contributed by atoms with Gasteiger partial charge in [-0.05, 0) is 32.1 Å². The molecular weight excluding hydrogens is 270 g/mol. The number of oxazole rings is 1. The number of aromatic nitrogens is 1. The number of nitrogens with zero attached hydrogens (tertiary/aromatic N) is 2. The van der Waals surface area contributed by atoms with E-state index in [9.17, 15) is 9.59 Å². The van der Waals surface area contributed by atoms with Crippen molar-refractivity contribution < 1.29 is 14.0 Å². The summed E-state index contributed by atoms with van der Waals surface area (Å²) < 4.78 is 5.16. The highest BCUT2D eigenvalue weighted by atomic mass is 16.3. The van der Waals surface area contributed by atoms with Gasteiger partial charge in [0.1, 0.15) is 0 Å². The summed E-state index contributed by atoms with van der Waals surface area (Å²) in [6, 6.07) is 0. The smallest absolute Gasteiger partial charge is 0.291 e. The van der Waals surface area contributed by atoms with E-state index in [1.807, 2.05) is 0 Å². The number of likely N-dealkylation sites (tertiary alicyclic amines) is 1. The molecule has 1 aliphatic heterocycles. The Morgan fingerprint density at radius 3 is 2.57 bits per heavy atom. The van der Waals surface area contributed by atoms with E-state index in [-0.39, 0.29) is 11.8 Å². The molecule has 2 amide bonds. The molecule has 0 aromatic carbocycles. The van der Waals surface area contributed by atoms with Gasteiger partial charge in [0.2, 0.25) is 11.7 Å². The van der Waals surface area contributed by atoms with Crippen LogP contribution < -0.4 is 5.73 Å². The molecule has 0 atom stereocenters. The molecule has 1 aromatic rings.